The van der Waals surface area contributed by atoms with Gasteiger partial charge in [-0.1, -0.05) is 0 Å². The molecule has 1 amide bonds. The number of nitrogens with zero attached hydrogens (tertiary/aromatic N) is 2. The van der Waals surface area contributed by atoms with Crippen LogP contribution in [0.4, 0.5) is 0 Å². The molecule has 1 saturated heterocycles. The van der Waals surface area contributed by atoms with Crippen molar-refractivity contribution in [1.82, 2.24) is 9.88 Å². The molecule has 0 spiro atoms. The number of carbonyl (C=O) groups excluding carboxylic acids is 1. The van der Waals surface area contributed by atoms with E-state index in [2.05, 4.69) is 4.98 Å². The fourth-order valence-electron chi connectivity index (χ4n) is 2.18. The molecule has 0 aliphatic carbocycles. The number of hydrogen-bond donors (Lipinski definition) is 1. The van der Waals surface area contributed by atoms with Crippen LogP contribution in [0.2, 0.25) is 0 Å². The summed E-state index contributed by atoms with van der Waals surface area (Å²) in [5, 5.41) is 8.86. The second-order valence-electron chi connectivity index (χ2n) is 4.60. The van der Waals surface area contributed by atoms with Crippen molar-refractivity contribution in [2.75, 3.05) is 18.1 Å². The molecule has 1 fully saturated rings. The lowest BCUT2D eigenvalue weighted by Gasteiger charge is -2.34. The molecule has 2 rings (SSSR count). The van der Waals surface area contributed by atoms with Crippen molar-refractivity contribution in [2.45, 2.75) is 12.5 Å². The molecule has 20 heavy (non-hydrogen) atoms. The number of sulfone groups is 1. The number of pyridine rings is 1. The summed E-state index contributed by atoms with van der Waals surface area (Å²) in [6.07, 6.45) is 2.54. The van der Waals surface area contributed by atoms with Gasteiger partial charge in [-0.25, -0.2) is 8.42 Å². The Morgan fingerprint density at radius 1 is 1.35 bits per heavy atom. The van der Waals surface area contributed by atoms with Crippen molar-refractivity contribution in [3.05, 3.63) is 30.1 Å². The van der Waals surface area contributed by atoms with E-state index in [4.69, 9.17) is 5.11 Å². The Hall–Kier alpha value is -1.96. The van der Waals surface area contributed by atoms with E-state index in [0.29, 0.717) is 5.56 Å². The summed E-state index contributed by atoms with van der Waals surface area (Å²) in [7, 11) is -3.30. The second kappa shape index (κ2) is 5.58. The molecule has 1 unspecified atom stereocenters. The summed E-state index contributed by atoms with van der Waals surface area (Å²) in [6.45, 7) is 0.0153. The van der Waals surface area contributed by atoms with Crippen LogP contribution in [-0.2, 0) is 14.6 Å². The van der Waals surface area contributed by atoms with Crippen LogP contribution in [0.25, 0.3) is 0 Å². The Kier molecular flexibility index (Phi) is 4.03. The maximum atomic E-state index is 12.3. The third-order valence-corrected chi connectivity index (χ3v) is 4.83. The zero-order chi connectivity index (χ0) is 14.8. The number of carbonyl (C=O) groups is 2. The lowest BCUT2D eigenvalue weighted by Crippen LogP contribution is -2.52. The van der Waals surface area contributed by atoms with E-state index in [1.807, 2.05) is 0 Å². The molecule has 2 heterocycles. The van der Waals surface area contributed by atoms with E-state index in [9.17, 15) is 18.0 Å². The minimum absolute atomic E-state index is 0.0153. The first-order chi connectivity index (χ1) is 9.39. The third kappa shape index (κ3) is 3.32. The number of aromatic nitrogens is 1. The Labute approximate surface area is 116 Å². The van der Waals surface area contributed by atoms with Gasteiger partial charge in [-0.05, 0) is 12.1 Å². The first kappa shape index (κ1) is 14.4. The van der Waals surface area contributed by atoms with Crippen molar-refractivity contribution in [3.63, 3.8) is 0 Å². The van der Waals surface area contributed by atoms with Gasteiger partial charge in [0.1, 0.15) is 0 Å². The molecular formula is C12H14N2O5S. The topological polar surface area (TPSA) is 105 Å². The molecule has 7 nitrogen and oxygen atoms in total. The number of carboxylic acid groups (broad SMARTS) is 1. The summed E-state index contributed by atoms with van der Waals surface area (Å²) in [6, 6.07) is 2.21. The van der Waals surface area contributed by atoms with Crippen LogP contribution < -0.4 is 0 Å². The molecule has 1 atom stereocenters. The number of aliphatic carboxylic acids is 1. The zero-order valence-corrected chi connectivity index (χ0v) is 11.4. The van der Waals surface area contributed by atoms with E-state index >= 15 is 0 Å². The van der Waals surface area contributed by atoms with Gasteiger partial charge >= 0.3 is 5.97 Å². The summed E-state index contributed by atoms with van der Waals surface area (Å²) >= 11 is 0. The van der Waals surface area contributed by atoms with Crippen molar-refractivity contribution in [2.24, 2.45) is 0 Å². The van der Waals surface area contributed by atoms with Gasteiger partial charge < -0.3 is 10.0 Å². The molecule has 1 aromatic rings. The van der Waals surface area contributed by atoms with Gasteiger partial charge in [0, 0.05) is 24.5 Å². The fraction of sp³-hybridized carbons (Fsp3) is 0.417. The van der Waals surface area contributed by atoms with Crippen molar-refractivity contribution >= 4 is 21.7 Å². The summed E-state index contributed by atoms with van der Waals surface area (Å²) in [4.78, 5) is 28.3. The molecule has 0 saturated carbocycles. The lowest BCUT2D eigenvalue weighted by atomic mass is 10.1. The average molecular weight is 298 g/mol. The maximum absolute atomic E-state index is 12.3. The highest BCUT2D eigenvalue weighted by atomic mass is 32.2. The SMILES string of the molecule is O=C(O)CC1CS(=O)(=O)CCN1C(=O)c1ccncc1. The van der Waals surface area contributed by atoms with Gasteiger partial charge in [0.05, 0.1) is 24.0 Å². The molecule has 8 heteroatoms. The highest BCUT2D eigenvalue weighted by Gasteiger charge is 2.35. The van der Waals surface area contributed by atoms with E-state index in [1.54, 1.807) is 0 Å². The molecule has 1 aliphatic heterocycles. The highest BCUT2D eigenvalue weighted by Crippen LogP contribution is 2.18. The smallest absolute Gasteiger partial charge is 0.305 e. The molecule has 1 aliphatic rings. The van der Waals surface area contributed by atoms with Crippen molar-refractivity contribution in [3.8, 4) is 0 Å². The third-order valence-electron chi connectivity index (χ3n) is 3.13. The number of hydrogen-bond acceptors (Lipinski definition) is 5. The van der Waals surface area contributed by atoms with Crippen LogP contribution >= 0.6 is 0 Å². The van der Waals surface area contributed by atoms with Gasteiger partial charge in [0.25, 0.3) is 5.91 Å². The molecule has 1 N–H and O–H groups in total. The fourth-order valence-corrected chi connectivity index (χ4v) is 3.71. The van der Waals surface area contributed by atoms with E-state index in [1.165, 1.54) is 29.4 Å². The van der Waals surface area contributed by atoms with Crippen LogP contribution in [0.3, 0.4) is 0 Å². The van der Waals surface area contributed by atoms with Crippen LogP contribution in [0.5, 0.6) is 0 Å². The molecule has 108 valence electrons. The van der Waals surface area contributed by atoms with Crippen LogP contribution in [0.1, 0.15) is 16.8 Å². The van der Waals surface area contributed by atoms with E-state index < -0.39 is 21.8 Å². The van der Waals surface area contributed by atoms with Gasteiger partial charge in [-0.2, -0.15) is 0 Å². The highest BCUT2D eigenvalue weighted by molar-refractivity contribution is 7.91. The first-order valence-electron chi connectivity index (χ1n) is 6.02. The monoisotopic (exact) mass is 298 g/mol. The standard InChI is InChI=1S/C12H14N2O5S/c15-11(16)7-10-8-20(18,19)6-5-14(10)12(17)9-1-3-13-4-2-9/h1-4,10H,5-8H2,(H,15,16). The van der Waals surface area contributed by atoms with Gasteiger partial charge in [0.15, 0.2) is 9.84 Å². The Morgan fingerprint density at radius 2 is 2.00 bits per heavy atom. The predicted molar refractivity (Wildman–Crippen MR) is 70.0 cm³/mol. The van der Waals surface area contributed by atoms with Gasteiger partial charge in [-0.15, -0.1) is 0 Å². The molecule has 0 aromatic carbocycles. The average Bonchev–Trinajstić information content (AvgIpc) is 2.37. The predicted octanol–water partition coefficient (Wildman–Crippen LogP) is -0.204. The Bertz CT molecular complexity index is 614. The summed E-state index contributed by atoms with van der Waals surface area (Å²) < 4.78 is 23.2. The minimum atomic E-state index is -3.30. The molecule has 1 aromatic heterocycles. The van der Waals surface area contributed by atoms with Gasteiger partial charge in [0.2, 0.25) is 0 Å². The van der Waals surface area contributed by atoms with Crippen LogP contribution in [-0.4, -0.2) is 59.4 Å². The normalized spacial score (nSPS) is 21.4. The van der Waals surface area contributed by atoms with Crippen LogP contribution in [0.15, 0.2) is 24.5 Å². The maximum Gasteiger partial charge on any atom is 0.305 e. The summed E-state index contributed by atoms with van der Waals surface area (Å²) in [5.74, 6) is -1.94. The number of amides is 1. The zero-order valence-electron chi connectivity index (χ0n) is 10.6. The Morgan fingerprint density at radius 3 is 2.60 bits per heavy atom. The molecule has 0 radical (unpaired) electrons. The van der Waals surface area contributed by atoms with Gasteiger partial charge in [-0.3, -0.25) is 14.6 Å². The summed E-state index contributed by atoms with van der Waals surface area (Å²) in [5.41, 5.74) is 0.370. The second-order valence-corrected chi connectivity index (χ2v) is 6.83. The van der Waals surface area contributed by atoms with E-state index in [-0.39, 0.29) is 30.4 Å². The minimum Gasteiger partial charge on any atom is -0.481 e. The quantitative estimate of drug-likeness (QED) is 0.828. The van der Waals surface area contributed by atoms with Crippen LogP contribution in [0, 0.1) is 0 Å². The van der Waals surface area contributed by atoms with Crippen molar-refractivity contribution < 1.29 is 23.1 Å². The first-order valence-corrected chi connectivity index (χ1v) is 7.84. The largest absolute Gasteiger partial charge is 0.481 e. The number of carboxylic acids is 1. The Balaban J connectivity index is 2.24. The van der Waals surface area contributed by atoms with Crippen molar-refractivity contribution in [1.29, 1.82) is 0 Å². The lowest BCUT2D eigenvalue weighted by molar-refractivity contribution is -0.138. The molecular weight excluding hydrogens is 284 g/mol. The molecule has 0 bridgehead atoms. The number of rotatable bonds is 3. The van der Waals surface area contributed by atoms with E-state index in [0.717, 1.165) is 0 Å².